The number of nitrogens with one attached hydrogen (secondary N) is 1. The van der Waals surface area contributed by atoms with Gasteiger partial charge >= 0.3 is 0 Å². The quantitative estimate of drug-likeness (QED) is 0.806. The normalized spacial score (nSPS) is 33.0. The monoisotopic (exact) mass is 295 g/mol. The molecule has 0 aromatic rings. The summed E-state index contributed by atoms with van der Waals surface area (Å²) in [5.74, 6) is 1.44. The number of hydrogen-bond acceptors (Lipinski definition) is 2. The lowest BCUT2D eigenvalue weighted by Gasteiger charge is -2.43. The Morgan fingerprint density at radius 2 is 1.62 bits per heavy atom. The number of rotatable bonds is 4. The van der Waals surface area contributed by atoms with Crippen molar-refractivity contribution in [1.82, 2.24) is 5.32 Å². The Bertz CT molecular complexity index is 349. The summed E-state index contributed by atoms with van der Waals surface area (Å²) < 4.78 is 6.37. The molecular formula is C19H37NO. The van der Waals surface area contributed by atoms with Crippen molar-refractivity contribution in [3.63, 3.8) is 0 Å². The van der Waals surface area contributed by atoms with E-state index in [1.807, 2.05) is 0 Å². The second-order valence-electron chi connectivity index (χ2n) is 9.36. The minimum atomic E-state index is -0.0106. The van der Waals surface area contributed by atoms with E-state index in [-0.39, 0.29) is 11.2 Å². The fourth-order valence-electron chi connectivity index (χ4n) is 4.82. The van der Waals surface area contributed by atoms with E-state index in [4.69, 9.17) is 4.74 Å². The van der Waals surface area contributed by atoms with Crippen molar-refractivity contribution in [2.24, 2.45) is 17.3 Å². The van der Waals surface area contributed by atoms with Crippen LogP contribution in [-0.4, -0.2) is 23.8 Å². The first-order chi connectivity index (χ1) is 9.56. The van der Waals surface area contributed by atoms with Crippen molar-refractivity contribution in [2.75, 3.05) is 6.54 Å². The van der Waals surface area contributed by atoms with Crippen molar-refractivity contribution in [3.05, 3.63) is 0 Å². The minimum absolute atomic E-state index is 0.0106. The first kappa shape index (κ1) is 17.3. The van der Waals surface area contributed by atoms with Gasteiger partial charge in [0.05, 0.1) is 11.2 Å². The molecule has 0 aromatic carbocycles. The van der Waals surface area contributed by atoms with Crippen LogP contribution in [0.5, 0.6) is 0 Å². The summed E-state index contributed by atoms with van der Waals surface area (Å²) in [6.45, 7) is 17.3. The second-order valence-corrected chi connectivity index (χ2v) is 9.36. The van der Waals surface area contributed by atoms with Gasteiger partial charge in [-0.25, -0.2) is 0 Å². The molecule has 1 heterocycles. The molecule has 124 valence electrons. The van der Waals surface area contributed by atoms with Crippen LogP contribution in [0, 0.1) is 17.3 Å². The molecule has 0 aromatic heterocycles. The zero-order chi connectivity index (χ0) is 15.9. The van der Waals surface area contributed by atoms with Crippen LogP contribution in [0.2, 0.25) is 0 Å². The molecule has 2 rings (SSSR count). The molecule has 21 heavy (non-hydrogen) atoms. The molecule has 1 saturated heterocycles. The van der Waals surface area contributed by atoms with E-state index in [9.17, 15) is 0 Å². The molecule has 2 fully saturated rings. The summed E-state index contributed by atoms with van der Waals surface area (Å²) >= 11 is 0. The molecule has 2 nitrogen and oxygen atoms in total. The smallest absolute Gasteiger partial charge is 0.0677 e. The van der Waals surface area contributed by atoms with Crippen LogP contribution >= 0.6 is 0 Å². The number of hydrogen-bond donors (Lipinski definition) is 1. The van der Waals surface area contributed by atoms with E-state index in [2.05, 4.69) is 53.8 Å². The highest BCUT2D eigenvalue weighted by molar-refractivity contribution is 5.02. The standard InChI is InChI=1S/C19H37NO/c1-8-20-16(14-9-11-17(2,3)12-10-14)15-13-18(4,5)21-19(15,6)7/h14-16,20H,8-13H2,1-7H3. The molecular weight excluding hydrogens is 258 g/mol. The molecule has 1 N–H and O–H groups in total. The molecule has 1 aliphatic heterocycles. The zero-order valence-electron chi connectivity index (χ0n) is 15.4. The molecule has 0 amide bonds. The van der Waals surface area contributed by atoms with E-state index in [1.165, 1.54) is 32.1 Å². The van der Waals surface area contributed by atoms with Gasteiger partial charge < -0.3 is 10.1 Å². The van der Waals surface area contributed by atoms with Crippen molar-refractivity contribution in [1.29, 1.82) is 0 Å². The Kier molecular flexibility index (Phi) is 4.81. The summed E-state index contributed by atoms with van der Waals surface area (Å²) in [5, 5.41) is 3.84. The second kappa shape index (κ2) is 5.85. The number of ether oxygens (including phenoxy) is 1. The van der Waals surface area contributed by atoms with Gasteiger partial charge in [0.25, 0.3) is 0 Å². The van der Waals surface area contributed by atoms with Gasteiger partial charge in [0.1, 0.15) is 0 Å². The van der Waals surface area contributed by atoms with Crippen molar-refractivity contribution in [2.45, 2.75) is 97.8 Å². The topological polar surface area (TPSA) is 21.3 Å². The Balaban J connectivity index is 2.12. The van der Waals surface area contributed by atoms with Crippen molar-refractivity contribution < 1.29 is 4.74 Å². The van der Waals surface area contributed by atoms with Gasteiger partial charge in [0.15, 0.2) is 0 Å². The van der Waals surface area contributed by atoms with Crippen molar-refractivity contribution >= 4 is 0 Å². The van der Waals surface area contributed by atoms with Gasteiger partial charge in [-0.2, -0.15) is 0 Å². The van der Waals surface area contributed by atoms with Crippen molar-refractivity contribution in [3.8, 4) is 0 Å². The molecule has 2 unspecified atom stereocenters. The molecule has 2 aliphatic rings. The largest absolute Gasteiger partial charge is 0.369 e. The van der Waals surface area contributed by atoms with Crippen LogP contribution in [0.25, 0.3) is 0 Å². The van der Waals surface area contributed by atoms with Gasteiger partial charge in [-0.05, 0) is 77.7 Å². The summed E-state index contributed by atoms with van der Waals surface area (Å²) in [7, 11) is 0. The van der Waals surface area contributed by atoms with E-state index in [1.54, 1.807) is 0 Å². The molecule has 0 radical (unpaired) electrons. The van der Waals surface area contributed by atoms with Crippen LogP contribution in [0.4, 0.5) is 0 Å². The van der Waals surface area contributed by atoms with Crippen LogP contribution in [0.3, 0.4) is 0 Å². The lowest BCUT2D eigenvalue weighted by molar-refractivity contribution is -0.0806. The average Bonchev–Trinajstić information content (AvgIpc) is 2.55. The summed E-state index contributed by atoms with van der Waals surface area (Å²) in [4.78, 5) is 0. The summed E-state index contributed by atoms with van der Waals surface area (Å²) in [5.41, 5.74) is 0.563. The highest BCUT2D eigenvalue weighted by atomic mass is 16.5. The zero-order valence-corrected chi connectivity index (χ0v) is 15.4. The van der Waals surface area contributed by atoms with E-state index < -0.39 is 0 Å². The first-order valence-corrected chi connectivity index (χ1v) is 9.00. The molecule has 1 aliphatic carbocycles. The lowest BCUT2D eigenvalue weighted by Crippen LogP contribution is -2.49. The highest BCUT2D eigenvalue weighted by Gasteiger charge is 2.50. The van der Waals surface area contributed by atoms with Crippen LogP contribution < -0.4 is 5.32 Å². The third-order valence-electron chi connectivity index (χ3n) is 5.91. The van der Waals surface area contributed by atoms with Gasteiger partial charge in [-0.3, -0.25) is 0 Å². The third-order valence-corrected chi connectivity index (χ3v) is 5.91. The van der Waals surface area contributed by atoms with E-state index in [0.717, 1.165) is 12.5 Å². The van der Waals surface area contributed by atoms with Gasteiger partial charge in [-0.15, -0.1) is 0 Å². The van der Waals surface area contributed by atoms with Crippen LogP contribution in [0.1, 0.15) is 80.6 Å². The maximum Gasteiger partial charge on any atom is 0.0677 e. The average molecular weight is 296 g/mol. The predicted octanol–water partition coefficient (Wildman–Crippen LogP) is 4.77. The molecule has 2 atom stereocenters. The van der Waals surface area contributed by atoms with Crippen LogP contribution in [0.15, 0.2) is 0 Å². The molecule has 0 spiro atoms. The maximum atomic E-state index is 6.37. The Hall–Kier alpha value is -0.0800. The Morgan fingerprint density at radius 1 is 1.05 bits per heavy atom. The van der Waals surface area contributed by atoms with Gasteiger partial charge in [0.2, 0.25) is 0 Å². The third kappa shape index (κ3) is 4.01. The fourth-order valence-corrected chi connectivity index (χ4v) is 4.82. The summed E-state index contributed by atoms with van der Waals surface area (Å²) in [6, 6.07) is 0.614. The molecule has 1 saturated carbocycles. The first-order valence-electron chi connectivity index (χ1n) is 9.00. The van der Waals surface area contributed by atoms with Gasteiger partial charge in [0, 0.05) is 12.0 Å². The predicted molar refractivity (Wildman–Crippen MR) is 90.6 cm³/mol. The lowest BCUT2D eigenvalue weighted by atomic mass is 9.67. The SMILES string of the molecule is CCNC(C1CCC(C)(C)CC1)C1CC(C)(C)OC1(C)C. The molecule has 2 heteroatoms. The maximum absolute atomic E-state index is 6.37. The van der Waals surface area contributed by atoms with Crippen LogP contribution in [-0.2, 0) is 4.74 Å². The molecule has 0 bridgehead atoms. The van der Waals surface area contributed by atoms with E-state index in [0.29, 0.717) is 17.4 Å². The minimum Gasteiger partial charge on any atom is -0.369 e. The highest BCUT2D eigenvalue weighted by Crippen LogP contribution is 2.48. The Morgan fingerprint density at radius 3 is 2.05 bits per heavy atom. The summed E-state index contributed by atoms with van der Waals surface area (Å²) in [6.07, 6.45) is 6.67. The van der Waals surface area contributed by atoms with Gasteiger partial charge in [-0.1, -0.05) is 20.8 Å². The Labute approximate surface area is 132 Å². The fraction of sp³-hybridized carbons (Fsp3) is 1.00. The van der Waals surface area contributed by atoms with E-state index >= 15 is 0 Å².